The zero-order valence-corrected chi connectivity index (χ0v) is 13.9. The van der Waals surface area contributed by atoms with Gasteiger partial charge in [0.1, 0.15) is 11.4 Å². The molecule has 0 unspecified atom stereocenters. The number of unbranched alkanes of at least 4 members (excludes halogenated alkanes) is 1. The third-order valence-electron chi connectivity index (χ3n) is 2.77. The van der Waals surface area contributed by atoms with Crippen LogP contribution < -0.4 is 5.32 Å². The van der Waals surface area contributed by atoms with Crippen molar-refractivity contribution in [3.05, 3.63) is 0 Å². The summed E-state index contributed by atoms with van der Waals surface area (Å²) in [6.45, 7) is 8.37. The van der Waals surface area contributed by atoms with Crippen molar-refractivity contribution in [2.75, 3.05) is 38.2 Å². The number of amidine groups is 1. The van der Waals surface area contributed by atoms with Gasteiger partial charge in [-0.2, -0.15) is 11.8 Å². The fourth-order valence-electron chi connectivity index (χ4n) is 1.81. The Balaban J connectivity index is 2.31. The summed E-state index contributed by atoms with van der Waals surface area (Å²) in [7, 11) is 0. The second-order valence-electron chi connectivity index (χ2n) is 5.86. The van der Waals surface area contributed by atoms with Crippen molar-refractivity contribution >= 4 is 23.7 Å². The highest BCUT2D eigenvalue weighted by Gasteiger charge is 2.24. The maximum Gasteiger partial charge on any atom is 0.410 e. The third kappa shape index (κ3) is 7.03. The molecule has 0 spiro atoms. The molecule has 0 radical (unpaired) electrons. The highest BCUT2D eigenvalue weighted by molar-refractivity contribution is 7.98. The molecule has 0 fully saturated rings. The number of carbonyl (C=O) groups is 1. The van der Waals surface area contributed by atoms with E-state index in [2.05, 4.69) is 16.6 Å². The summed E-state index contributed by atoms with van der Waals surface area (Å²) in [6.07, 6.45) is 4.20. The van der Waals surface area contributed by atoms with Gasteiger partial charge in [0.25, 0.3) is 0 Å². The van der Waals surface area contributed by atoms with Crippen LogP contribution in [-0.2, 0) is 4.74 Å². The minimum Gasteiger partial charge on any atom is -0.444 e. The van der Waals surface area contributed by atoms with Crippen molar-refractivity contribution in [2.24, 2.45) is 4.99 Å². The van der Waals surface area contributed by atoms with Crippen LogP contribution in [0.5, 0.6) is 0 Å². The number of nitrogens with zero attached hydrogens (tertiary/aromatic N) is 2. The molecule has 6 heteroatoms. The Labute approximate surface area is 126 Å². The Morgan fingerprint density at radius 3 is 2.85 bits per heavy atom. The number of hydrogen-bond donors (Lipinski definition) is 1. The van der Waals surface area contributed by atoms with E-state index < -0.39 is 5.60 Å². The van der Waals surface area contributed by atoms with Gasteiger partial charge in [-0.25, -0.2) is 4.79 Å². The lowest BCUT2D eigenvalue weighted by Gasteiger charge is -2.29. The maximum absolute atomic E-state index is 12.0. The first kappa shape index (κ1) is 17.1. The molecule has 0 aromatic rings. The lowest BCUT2D eigenvalue weighted by atomic mass is 10.2. The minimum atomic E-state index is -0.447. The zero-order chi connectivity index (χ0) is 15.0. The van der Waals surface area contributed by atoms with E-state index in [-0.39, 0.29) is 6.09 Å². The van der Waals surface area contributed by atoms with Crippen molar-refractivity contribution in [1.29, 1.82) is 0 Å². The number of rotatable bonds is 5. The molecular formula is C14H27N3O2S. The highest BCUT2D eigenvalue weighted by Crippen LogP contribution is 2.11. The number of ether oxygens (including phenoxy) is 1. The van der Waals surface area contributed by atoms with Crippen molar-refractivity contribution in [3.8, 4) is 0 Å². The van der Waals surface area contributed by atoms with Crippen molar-refractivity contribution in [1.82, 2.24) is 10.2 Å². The summed E-state index contributed by atoms with van der Waals surface area (Å²) in [5, 5.41) is 3.32. The van der Waals surface area contributed by atoms with Gasteiger partial charge in [0.2, 0.25) is 0 Å². The van der Waals surface area contributed by atoms with E-state index in [0.717, 1.165) is 18.8 Å². The summed E-state index contributed by atoms with van der Waals surface area (Å²) in [5.74, 6) is 2.09. The van der Waals surface area contributed by atoms with Gasteiger partial charge in [-0.05, 0) is 45.6 Å². The summed E-state index contributed by atoms with van der Waals surface area (Å²) in [6, 6.07) is 0. The molecule has 1 aliphatic rings. The van der Waals surface area contributed by atoms with Crippen LogP contribution in [0.25, 0.3) is 0 Å². The Hall–Kier alpha value is -0.910. The predicted molar refractivity (Wildman–Crippen MR) is 85.7 cm³/mol. The molecule has 0 aromatic heterocycles. The van der Waals surface area contributed by atoms with Crippen molar-refractivity contribution < 1.29 is 9.53 Å². The molecule has 1 amide bonds. The van der Waals surface area contributed by atoms with Crippen LogP contribution in [0.3, 0.4) is 0 Å². The zero-order valence-electron chi connectivity index (χ0n) is 13.1. The number of carbonyl (C=O) groups excluding carboxylic acids is 1. The lowest BCUT2D eigenvalue weighted by molar-refractivity contribution is 0.0276. The molecule has 0 saturated heterocycles. The van der Waals surface area contributed by atoms with Gasteiger partial charge in [0.05, 0.1) is 13.1 Å². The molecule has 0 bridgehead atoms. The van der Waals surface area contributed by atoms with Gasteiger partial charge in [0.15, 0.2) is 0 Å². The van der Waals surface area contributed by atoms with E-state index in [1.54, 1.807) is 4.90 Å². The van der Waals surface area contributed by atoms with Gasteiger partial charge >= 0.3 is 6.09 Å². The van der Waals surface area contributed by atoms with Crippen LogP contribution in [-0.4, -0.2) is 60.6 Å². The van der Waals surface area contributed by atoms with E-state index in [1.165, 1.54) is 12.2 Å². The normalized spacial score (nSPS) is 15.8. The van der Waals surface area contributed by atoms with E-state index in [9.17, 15) is 4.79 Å². The molecule has 116 valence electrons. The number of nitrogens with one attached hydrogen (secondary N) is 1. The topological polar surface area (TPSA) is 53.9 Å². The Kier molecular flexibility index (Phi) is 7.19. The predicted octanol–water partition coefficient (Wildman–Crippen LogP) is 2.37. The standard InChI is InChI=1S/C14H27N3O2S/c1-14(2,3)19-13(18)17-9-8-16-12(11-17)15-7-5-6-10-20-4/h5-11H2,1-4H3,(H,15,16). The molecule has 1 N–H and O–H groups in total. The summed E-state index contributed by atoms with van der Waals surface area (Å²) in [5.41, 5.74) is -0.447. The van der Waals surface area contributed by atoms with Crippen molar-refractivity contribution in [2.45, 2.75) is 39.2 Å². The maximum atomic E-state index is 12.0. The van der Waals surface area contributed by atoms with Crippen molar-refractivity contribution in [3.63, 3.8) is 0 Å². The third-order valence-corrected chi connectivity index (χ3v) is 3.47. The SMILES string of the molecule is CSCCCCNC1=NCCN(C(=O)OC(C)(C)C)C1. The van der Waals surface area contributed by atoms with E-state index in [1.807, 2.05) is 32.5 Å². The second-order valence-corrected chi connectivity index (χ2v) is 6.84. The van der Waals surface area contributed by atoms with Gasteiger partial charge < -0.3 is 10.1 Å². The first-order valence-corrected chi connectivity index (χ1v) is 8.56. The molecule has 0 aromatic carbocycles. The van der Waals surface area contributed by atoms with Crippen LogP contribution in [0.2, 0.25) is 0 Å². The molecular weight excluding hydrogens is 274 g/mol. The first-order chi connectivity index (χ1) is 9.42. The first-order valence-electron chi connectivity index (χ1n) is 7.16. The van der Waals surface area contributed by atoms with E-state index >= 15 is 0 Å². The highest BCUT2D eigenvalue weighted by atomic mass is 32.2. The average molecular weight is 301 g/mol. The summed E-state index contributed by atoms with van der Waals surface area (Å²) in [4.78, 5) is 18.1. The number of aliphatic imine (C=N–C) groups is 1. The Morgan fingerprint density at radius 1 is 1.45 bits per heavy atom. The van der Waals surface area contributed by atoms with Crippen LogP contribution in [0.1, 0.15) is 33.6 Å². The smallest absolute Gasteiger partial charge is 0.410 e. The van der Waals surface area contributed by atoms with E-state index in [0.29, 0.717) is 19.6 Å². The summed E-state index contributed by atoms with van der Waals surface area (Å²) < 4.78 is 5.38. The van der Waals surface area contributed by atoms with Crippen LogP contribution in [0.15, 0.2) is 4.99 Å². The van der Waals surface area contributed by atoms with Gasteiger partial charge in [0, 0.05) is 13.1 Å². The number of thioether (sulfide) groups is 1. The fourth-order valence-corrected chi connectivity index (χ4v) is 2.31. The Morgan fingerprint density at radius 2 is 2.20 bits per heavy atom. The fraction of sp³-hybridized carbons (Fsp3) is 0.857. The monoisotopic (exact) mass is 301 g/mol. The minimum absolute atomic E-state index is 0.255. The molecule has 0 saturated carbocycles. The average Bonchev–Trinajstić information content (AvgIpc) is 2.37. The van der Waals surface area contributed by atoms with Gasteiger partial charge in [-0.1, -0.05) is 0 Å². The Bertz CT molecular complexity index is 340. The molecule has 1 aliphatic heterocycles. The summed E-state index contributed by atoms with van der Waals surface area (Å²) >= 11 is 1.87. The van der Waals surface area contributed by atoms with Gasteiger partial charge in [-0.3, -0.25) is 9.89 Å². The molecule has 1 heterocycles. The van der Waals surface area contributed by atoms with Crippen LogP contribution >= 0.6 is 11.8 Å². The largest absolute Gasteiger partial charge is 0.444 e. The van der Waals surface area contributed by atoms with Crippen LogP contribution in [0.4, 0.5) is 4.79 Å². The molecule has 5 nitrogen and oxygen atoms in total. The molecule has 1 rings (SSSR count). The second kappa shape index (κ2) is 8.39. The van der Waals surface area contributed by atoms with Crippen LogP contribution in [0, 0.1) is 0 Å². The molecule has 0 aliphatic carbocycles. The van der Waals surface area contributed by atoms with Gasteiger partial charge in [-0.15, -0.1) is 0 Å². The molecule has 0 atom stereocenters. The quantitative estimate of drug-likeness (QED) is 0.792. The lowest BCUT2D eigenvalue weighted by Crippen LogP contribution is -2.47. The number of amides is 1. The number of hydrogen-bond acceptors (Lipinski definition) is 5. The molecule has 20 heavy (non-hydrogen) atoms. The van der Waals surface area contributed by atoms with E-state index in [4.69, 9.17) is 4.74 Å².